The number of aryl methyl sites for hydroxylation is 1. The van der Waals surface area contributed by atoms with Crippen molar-refractivity contribution in [3.05, 3.63) is 44.6 Å². The standard InChI is InChI=1S/C20H17N5OS3/c1-3-8-28-20-24-23-19(29-20)25-13-5-4-6-14(26)16(13)15(12(10-21)18(25)22)17-11(2)7-9-27-17/h1,7,9,15H,4-6,8,22H2,2H3. The van der Waals surface area contributed by atoms with E-state index in [0.717, 1.165) is 26.9 Å². The van der Waals surface area contributed by atoms with Crippen LogP contribution in [0.3, 0.4) is 0 Å². The normalized spacial score (nSPS) is 19.2. The Balaban J connectivity index is 1.88. The number of carbonyl (C=O) groups excluding carboxylic acids is 1. The van der Waals surface area contributed by atoms with Gasteiger partial charge in [0.15, 0.2) is 10.1 Å². The predicted molar refractivity (Wildman–Crippen MR) is 116 cm³/mol. The number of thioether (sulfide) groups is 1. The number of nitriles is 1. The Morgan fingerprint density at radius 3 is 2.97 bits per heavy atom. The fourth-order valence-corrected chi connectivity index (χ4v) is 6.31. The van der Waals surface area contributed by atoms with Gasteiger partial charge in [0, 0.05) is 22.6 Å². The molecule has 2 aromatic heterocycles. The quantitative estimate of drug-likeness (QED) is 0.569. The molecule has 1 aliphatic carbocycles. The lowest BCUT2D eigenvalue weighted by atomic mass is 9.78. The molecule has 0 fully saturated rings. The minimum Gasteiger partial charge on any atom is -0.384 e. The average molecular weight is 440 g/mol. The number of nitrogens with zero attached hydrogens (tertiary/aromatic N) is 4. The highest BCUT2D eigenvalue weighted by molar-refractivity contribution is 8.01. The van der Waals surface area contributed by atoms with Crippen LogP contribution in [0.25, 0.3) is 0 Å². The van der Waals surface area contributed by atoms with Crippen LogP contribution in [0.2, 0.25) is 0 Å². The molecule has 0 radical (unpaired) electrons. The number of ketones is 1. The molecule has 9 heteroatoms. The van der Waals surface area contributed by atoms with Crippen LogP contribution in [0.15, 0.2) is 38.5 Å². The molecule has 146 valence electrons. The molecule has 0 bridgehead atoms. The van der Waals surface area contributed by atoms with Crippen LogP contribution in [0.1, 0.15) is 35.6 Å². The molecular weight excluding hydrogens is 422 g/mol. The third-order valence-corrected chi connectivity index (χ3v) is 7.97. The largest absolute Gasteiger partial charge is 0.384 e. The molecule has 2 aliphatic rings. The second-order valence-electron chi connectivity index (χ2n) is 6.63. The topological polar surface area (TPSA) is 95.9 Å². The van der Waals surface area contributed by atoms with Crippen LogP contribution in [0.4, 0.5) is 5.13 Å². The van der Waals surface area contributed by atoms with Gasteiger partial charge in [-0.2, -0.15) is 5.26 Å². The van der Waals surface area contributed by atoms with Gasteiger partial charge in [-0.15, -0.1) is 28.0 Å². The van der Waals surface area contributed by atoms with E-state index in [1.807, 2.05) is 18.4 Å². The number of anilines is 1. The third-order valence-electron chi connectivity index (χ3n) is 4.94. The maximum atomic E-state index is 13.0. The highest BCUT2D eigenvalue weighted by atomic mass is 32.2. The molecule has 0 saturated heterocycles. The number of aromatic nitrogens is 2. The number of terminal acetylenes is 1. The van der Waals surface area contributed by atoms with Gasteiger partial charge in [-0.05, 0) is 36.8 Å². The molecule has 4 rings (SSSR count). The first-order chi connectivity index (χ1) is 14.1. The minimum atomic E-state index is -0.415. The van der Waals surface area contributed by atoms with Gasteiger partial charge in [0.1, 0.15) is 5.82 Å². The molecule has 1 aliphatic heterocycles. The first-order valence-corrected chi connectivity index (χ1v) is 11.6. The van der Waals surface area contributed by atoms with Gasteiger partial charge in [0.25, 0.3) is 0 Å². The smallest absolute Gasteiger partial charge is 0.219 e. The van der Waals surface area contributed by atoms with Crippen LogP contribution >= 0.6 is 34.4 Å². The second-order valence-corrected chi connectivity index (χ2v) is 9.75. The highest BCUT2D eigenvalue weighted by Gasteiger charge is 2.42. The van der Waals surface area contributed by atoms with E-state index in [1.165, 1.54) is 23.1 Å². The molecule has 3 heterocycles. The Morgan fingerprint density at radius 1 is 1.45 bits per heavy atom. The number of thiophene rings is 1. The zero-order chi connectivity index (χ0) is 20.5. The molecule has 29 heavy (non-hydrogen) atoms. The van der Waals surface area contributed by atoms with Crippen molar-refractivity contribution >= 4 is 45.4 Å². The van der Waals surface area contributed by atoms with Crippen LogP contribution < -0.4 is 10.6 Å². The summed E-state index contributed by atoms with van der Waals surface area (Å²) in [4.78, 5) is 15.8. The summed E-state index contributed by atoms with van der Waals surface area (Å²) in [7, 11) is 0. The Labute approximate surface area is 181 Å². The number of carbonyl (C=O) groups is 1. The Hall–Kier alpha value is -2.59. The zero-order valence-electron chi connectivity index (χ0n) is 15.6. The van der Waals surface area contributed by atoms with Crippen molar-refractivity contribution in [1.82, 2.24) is 10.2 Å². The molecule has 1 atom stereocenters. The van der Waals surface area contributed by atoms with Crippen molar-refractivity contribution in [2.45, 2.75) is 36.4 Å². The van der Waals surface area contributed by atoms with E-state index >= 15 is 0 Å². The summed E-state index contributed by atoms with van der Waals surface area (Å²) in [6, 6.07) is 4.28. The van der Waals surface area contributed by atoms with Gasteiger partial charge < -0.3 is 5.73 Å². The van der Waals surface area contributed by atoms with Gasteiger partial charge in [0.05, 0.1) is 23.3 Å². The van der Waals surface area contributed by atoms with Crippen LogP contribution in [-0.2, 0) is 4.79 Å². The lowest BCUT2D eigenvalue weighted by molar-refractivity contribution is -0.116. The van der Waals surface area contributed by atoms with Crippen molar-refractivity contribution in [1.29, 1.82) is 5.26 Å². The first-order valence-electron chi connectivity index (χ1n) is 8.96. The van der Waals surface area contributed by atoms with Gasteiger partial charge in [-0.25, -0.2) is 0 Å². The van der Waals surface area contributed by atoms with Crippen molar-refractivity contribution in [3.8, 4) is 18.4 Å². The molecule has 0 saturated carbocycles. The fourth-order valence-electron chi connectivity index (χ4n) is 3.70. The van der Waals surface area contributed by atoms with E-state index in [4.69, 9.17) is 12.2 Å². The Kier molecular flexibility index (Phi) is 5.46. The van der Waals surface area contributed by atoms with Gasteiger partial charge in [-0.3, -0.25) is 9.69 Å². The van der Waals surface area contributed by atoms with E-state index in [1.54, 1.807) is 16.2 Å². The number of Topliss-reactive ketones (excluding diaryl/α,β-unsaturated/α-hetero) is 1. The number of hydrogen-bond donors (Lipinski definition) is 1. The van der Waals surface area contributed by atoms with E-state index < -0.39 is 5.92 Å². The van der Waals surface area contributed by atoms with Crippen molar-refractivity contribution in [2.24, 2.45) is 5.73 Å². The molecule has 0 aromatic carbocycles. The van der Waals surface area contributed by atoms with Crippen molar-refractivity contribution < 1.29 is 4.79 Å². The molecule has 0 spiro atoms. The second kappa shape index (κ2) is 8.03. The number of nitrogens with two attached hydrogens (primary N) is 1. The average Bonchev–Trinajstić information content (AvgIpc) is 3.34. The van der Waals surface area contributed by atoms with Gasteiger partial charge in [-0.1, -0.05) is 29.0 Å². The maximum absolute atomic E-state index is 13.0. The summed E-state index contributed by atoms with van der Waals surface area (Å²) < 4.78 is 0.727. The predicted octanol–water partition coefficient (Wildman–Crippen LogP) is 3.94. The maximum Gasteiger partial charge on any atom is 0.219 e. The molecule has 2 aromatic rings. The van der Waals surface area contributed by atoms with E-state index in [0.29, 0.717) is 40.7 Å². The molecule has 2 N–H and O–H groups in total. The molecule has 0 amide bonds. The van der Waals surface area contributed by atoms with Gasteiger partial charge >= 0.3 is 0 Å². The Morgan fingerprint density at radius 2 is 2.28 bits per heavy atom. The van der Waals surface area contributed by atoms with Crippen LogP contribution in [0, 0.1) is 30.6 Å². The zero-order valence-corrected chi connectivity index (χ0v) is 18.1. The third kappa shape index (κ3) is 3.36. The van der Waals surface area contributed by atoms with E-state index in [-0.39, 0.29) is 5.78 Å². The molecular formula is C20H17N5OS3. The van der Waals surface area contributed by atoms with Gasteiger partial charge in [0.2, 0.25) is 5.13 Å². The monoisotopic (exact) mass is 439 g/mol. The molecule has 6 nitrogen and oxygen atoms in total. The lowest BCUT2D eigenvalue weighted by Crippen LogP contribution is -2.38. The number of allylic oxidation sites excluding steroid dienone is 3. The van der Waals surface area contributed by atoms with Crippen molar-refractivity contribution in [3.63, 3.8) is 0 Å². The van der Waals surface area contributed by atoms with Crippen LogP contribution in [-0.4, -0.2) is 21.7 Å². The minimum absolute atomic E-state index is 0.0701. The highest BCUT2D eigenvalue weighted by Crippen LogP contribution is 2.48. The summed E-state index contributed by atoms with van der Waals surface area (Å²) in [6.45, 7) is 2.00. The fraction of sp³-hybridized carbons (Fsp3) is 0.300. The lowest BCUT2D eigenvalue weighted by Gasteiger charge is -2.37. The summed E-state index contributed by atoms with van der Waals surface area (Å²) >= 11 is 4.33. The van der Waals surface area contributed by atoms with Crippen molar-refractivity contribution in [2.75, 3.05) is 10.7 Å². The first kappa shape index (κ1) is 19.7. The van der Waals surface area contributed by atoms with E-state index in [2.05, 4.69) is 22.2 Å². The summed E-state index contributed by atoms with van der Waals surface area (Å²) in [5.74, 6) is 3.04. The number of hydrogen-bond acceptors (Lipinski definition) is 9. The SMILES string of the molecule is C#CCSc1nnc(N2C(N)=C(C#N)C(c3sccc3C)C3=C2CCCC3=O)s1. The summed E-state index contributed by atoms with van der Waals surface area (Å²) in [6.07, 6.45) is 7.26. The summed E-state index contributed by atoms with van der Waals surface area (Å²) in [5, 5.41) is 21.0. The molecule has 1 unspecified atom stereocenters. The van der Waals surface area contributed by atoms with Crippen LogP contribution in [0.5, 0.6) is 0 Å². The van der Waals surface area contributed by atoms with E-state index in [9.17, 15) is 10.1 Å². The number of rotatable bonds is 4. The Bertz CT molecular complexity index is 1130. The summed E-state index contributed by atoms with van der Waals surface area (Å²) in [5.41, 5.74) is 9.46.